The Morgan fingerprint density at radius 2 is 1.75 bits per heavy atom. The van der Waals surface area contributed by atoms with Crippen LogP contribution in [-0.2, 0) is 11.3 Å². The van der Waals surface area contributed by atoms with E-state index in [1.807, 2.05) is 18.2 Å². The molecule has 32 heavy (non-hydrogen) atoms. The molecule has 1 aliphatic heterocycles. The quantitative estimate of drug-likeness (QED) is 0.494. The molecule has 2 aromatic rings. The number of carbonyl (C=O) groups excluding carboxylic acids is 1. The van der Waals surface area contributed by atoms with Crippen LogP contribution in [0.4, 0.5) is 0 Å². The van der Waals surface area contributed by atoms with Gasteiger partial charge in [0, 0.05) is 28.1 Å². The maximum atomic E-state index is 13.0. The molecule has 1 saturated heterocycles. The van der Waals surface area contributed by atoms with E-state index in [0.29, 0.717) is 22.5 Å². The molecule has 1 atom stereocenters. The Labute approximate surface area is 202 Å². The van der Waals surface area contributed by atoms with E-state index in [0.717, 1.165) is 48.4 Å². The van der Waals surface area contributed by atoms with Gasteiger partial charge >= 0.3 is 0 Å². The monoisotopic (exact) mass is 476 g/mol. The van der Waals surface area contributed by atoms with Gasteiger partial charge in [-0.1, -0.05) is 43.1 Å². The maximum Gasteiger partial charge on any atom is 0.223 e. The summed E-state index contributed by atoms with van der Waals surface area (Å²) in [6, 6.07) is 9.81. The minimum Gasteiger partial charge on any atom is -0.496 e. The Balaban J connectivity index is 1.60. The first-order chi connectivity index (χ1) is 15.2. The molecule has 174 valence electrons. The van der Waals surface area contributed by atoms with E-state index in [4.69, 9.17) is 27.9 Å². The lowest BCUT2D eigenvalue weighted by molar-refractivity contribution is -0.127. The Bertz CT molecular complexity index is 933. The van der Waals surface area contributed by atoms with E-state index in [-0.39, 0.29) is 17.9 Å². The zero-order chi connectivity index (χ0) is 23.4. The van der Waals surface area contributed by atoms with Crippen LogP contribution in [0.25, 0.3) is 0 Å². The maximum absolute atomic E-state index is 13.0. The van der Waals surface area contributed by atoms with E-state index in [1.54, 1.807) is 7.11 Å². The van der Waals surface area contributed by atoms with Gasteiger partial charge in [-0.25, -0.2) is 0 Å². The second kappa shape index (κ2) is 10.9. The summed E-state index contributed by atoms with van der Waals surface area (Å²) in [7, 11) is 1.71. The molecule has 1 heterocycles. The van der Waals surface area contributed by atoms with Gasteiger partial charge in [-0.15, -0.1) is 0 Å². The van der Waals surface area contributed by atoms with E-state index in [2.05, 4.69) is 50.0 Å². The van der Waals surface area contributed by atoms with E-state index >= 15 is 0 Å². The lowest BCUT2D eigenvalue weighted by Crippen LogP contribution is -2.41. The number of piperidine rings is 1. The predicted molar refractivity (Wildman–Crippen MR) is 133 cm³/mol. The average molecular weight is 477 g/mol. The lowest BCUT2D eigenvalue weighted by atomic mass is 9.92. The number of ether oxygens (including phenoxy) is 1. The molecule has 0 aromatic heterocycles. The highest BCUT2D eigenvalue weighted by atomic mass is 35.5. The molecule has 1 aliphatic rings. The van der Waals surface area contributed by atoms with Crippen molar-refractivity contribution in [3.8, 4) is 5.75 Å². The van der Waals surface area contributed by atoms with Crippen LogP contribution in [0.15, 0.2) is 30.3 Å². The molecule has 0 spiro atoms. The highest BCUT2D eigenvalue weighted by Gasteiger charge is 2.27. The highest BCUT2D eigenvalue weighted by Crippen LogP contribution is 2.33. The summed E-state index contributed by atoms with van der Waals surface area (Å²) in [6.07, 6.45) is 1.67. The summed E-state index contributed by atoms with van der Waals surface area (Å²) < 4.78 is 5.56. The van der Waals surface area contributed by atoms with Gasteiger partial charge < -0.3 is 10.1 Å². The van der Waals surface area contributed by atoms with Crippen molar-refractivity contribution >= 4 is 29.1 Å². The normalized spacial score (nSPS) is 16.2. The van der Waals surface area contributed by atoms with Crippen LogP contribution >= 0.6 is 23.2 Å². The number of methoxy groups -OCH3 is 1. The first-order valence-electron chi connectivity index (χ1n) is 11.3. The molecule has 0 saturated carbocycles. The van der Waals surface area contributed by atoms with Gasteiger partial charge in [0.15, 0.2) is 0 Å². The Hall–Kier alpha value is -1.75. The third-order valence-electron chi connectivity index (χ3n) is 6.47. The smallest absolute Gasteiger partial charge is 0.223 e. The van der Waals surface area contributed by atoms with Gasteiger partial charge in [-0.2, -0.15) is 0 Å². The highest BCUT2D eigenvalue weighted by molar-refractivity contribution is 6.35. The van der Waals surface area contributed by atoms with Crippen molar-refractivity contribution in [2.24, 2.45) is 5.92 Å². The lowest BCUT2D eigenvalue weighted by Gasteiger charge is -2.32. The molecule has 3 rings (SSSR count). The number of rotatable bonds is 7. The molecule has 1 unspecified atom stereocenters. The minimum absolute atomic E-state index is 0.0264. The van der Waals surface area contributed by atoms with E-state index in [1.165, 1.54) is 5.56 Å². The van der Waals surface area contributed by atoms with Crippen LogP contribution in [0.2, 0.25) is 10.0 Å². The Morgan fingerprint density at radius 3 is 2.31 bits per heavy atom. The number of carbonyl (C=O) groups is 1. The number of likely N-dealkylation sites (tertiary alicyclic amines) is 1. The minimum atomic E-state index is -0.0501. The fourth-order valence-electron chi connectivity index (χ4n) is 4.48. The molecule has 6 heteroatoms. The average Bonchev–Trinajstić information content (AvgIpc) is 2.76. The standard InChI is InChI=1S/C26H34Cl2N2O2/c1-16(2)20-14-21(17(3)13-25(20)32-5)18(4)29-26(31)19-9-11-30(12-10-19)15-22-23(27)7-6-8-24(22)28/h6-8,13-14,16,18-19H,9-12,15H2,1-5H3,(H,29,31). The zero-order valence-electron chi connectivity index (χ0n) is 19.7. The summed E-state index contributed by atoms with van der Waals surface area (Å²) >= 11 is 12.6. The second-order valence-electron chi connectivity index (χ2n) is 9.09. The number of amides is 1. The third-order valence-corrected chi connectivity index (χ3v) is 7.18. The van der Waals surface area contributed by atoms with Crippen LogP contribution in [0.5, 0.6) is 5.75 Å². The number of hydrogen-bond acceptors (Lipinski definition) is 3. The molecular weight excluding hydrogens is 443 g/mol. The molecule has 1 fully saturated rings. The summed E-state index contributed by atoms with van der Waals surface area (Å²) in [5, 5.41) is 4.64. The zero-order valence-corrected chi connectivity index (χ0v) is 21.2. The number of aryl methyl sites for hydroxylation is 1. The predicted octanol–water partition coefficient (Wildman–Crippen LogP) is 6.52. The Kier molecular flexibility index (Phi) is 8.49. The van der Waals surface area contributed by atoms with Gasteiger partial charge in [0.1, 0.15) is 5.75 Å². The van der Waals surface area contributed by atoms with Crippen LogP contribution in [0.1, 0.15) is 67.8 Å². The molecule has 2 aromatic carbocycles. The van der Waals surface area contributed by atoms with Gasteiger partial charge in [0.05, 0.1) is 13.2 Å². The van der Waals surface area contributed by atoms with Crippen molar-refractivity contribution in [2.45, 2.75) is 59.0 Å². The van der Waals surface area contributed by atoms with Gasteiger partial charge in [0.25, 0.3) is 0 Å². The van der Waals surface area contributed by atoms with Crippen LogP contribution in [0, 0.1) is 12.8 Å². The van der Waals surface area contributed by atoms with Crippen molar-refractivity contribution < 1.29 is 9.53 Å². The number of nitrogens with one attached hydrogen (secondary N) is 1. The number of nitrogens with zero attached hydrogens (tertiary/aromatic N) is 1. The summed E-state index contributed by atoms with van der Waals surface area (Å²) in [5.41, 5.74) is 4.41. The van der Waals surface area contributed by atoms with Gasteiger partial charge in [0.2, 0.25) is 5.91 Å². The molecule has 1 N–H and O–H groups in total. The SMILES string of the molecule is COc1cc(C)c(C(C)NC(=O)C2CCN(Cc3c(Cl)cccc3Cl)CC2)cc1C(C)C. The molecule has 4 nitrogen and oxygen atoms in total. The molecular formula is C26H34Cl2N2O2. The number of hydrogen-bond donors (Lipinski definition) is 1. The third kappa shape index (κ3) is 5.78. The fourth-order valence-corrected chi connectivity index (χ4v) is 5.00. The first-order valence-corrected chi connectivity index (χ1v) is 12.1. The van der Waals surface area contributed by atoms with Crippen molar-refractivity contribution in [1.29, 1.82) is 0 Å². The van der Waals surface area contributed by atoms with Crippen molar-refractivity contribution in [3.63, 3.8) is 0 Å². The number of halogens is 2. The molecule has 1 amide bonds. The van der Waals surface area contributed by atoms with Gasteiger partial charge in [-0.3, -0.25) is 9.69 Å². The molecule has 0 bridgehead atoms. The largest absolute Gasteiger partial charge is 0.496 e. The first kappa shape index (κ1) is 24.9. The van der Waals surface area contributed by atoms with Crippen LogP contribution in [-0.4, -0.2) is 31.0 Å². The van der Waals surface area contributed by atoms with E-state index < -0.39 is 0 Å². The second-order valence-corrected chi connectivity index (χ2v) is 9.90. The van der Waals surface area contributed by atoms with Gasteiger partial charge in [-0.05, 0) is 86.7 Å². The molecule has 0 radical (unpaired) electrons. The van der Waals surface area contributed by atoms with E-state index in [9.17, 15) is 4.79 Å². The number of benzene rings is 2. The van der Waals surface area contributed by atoms with Crippen molar-refractivity contribution in [1.82, 2.24) is 10.2 Å². The van der Waals surface area contributed by atoms with Crippen LogP contribution < -0.4 is 10.1 Å². The van der Waals surface area contributed by atoms with Crippen LogP contribution in [0.3, 0.4) is 0 Å². The summed E-state index contributed by atoms with van der Waals surface area (Å²) in [5.74, 6) is 1.42. The fraction of sp³-hybridized carbons (Fsp3) is 0.500. The molecule has 0 aliphatic carbocycles. The van der Waals surface area contributed by atoms with Crippen molar-refractivity contribution in [3.05, 3.63) is 62.6 Å². The van der Waals surface area contributed by atoms with Crippen molar-refractivity contribution in [2.75, 3.05) is 20.2 Å². The summed E-state index contributed by atoms with van der Waals surface area (Å²) in [4.78, 5) is 15.3. The Morgan fingerprint density at radius 1 is 1.12 bits per heavy atom. The topological polar surface area (TPSA) is 41.6 Å². The summed E-state index contributed by atoms with van der Waals surface area (Å²) in [6.45, 7) is 10.9.